The average Bonchev–Trinajstić information content (AvgIpc) is 2.13. The number of hydrogen-bond acceptors (Lipinski definition) is 4. The molecule has 0 rings (SSSR count). The third-order valence-corrected chi connectivity index (χ3v) is 2.05. The van der Waals surface area contributed by atoms with Crippen LogP contribution in [0.15, 0.2) is 0 Å². The highest BCUT2D eigenvalue weighted by atomic mass is 16.4. The summed E-state index contributed by atoms with van der Waals surface area (Å²) >= 11 is 0. The van der Waals surface area contributed by atoms with Gasteiger partial charge in [-0.3, -0.25) is 4.79 Å². The van der Waals surface area contributed by atoms with Gasteiger partial charge in [0.15, 0.2) is 0 Å². The number of carboxylic acids is 1. The van der Waals surface area contributed by atoms with Crippen LogP contribution < -0.4 is 11.1 Å². The summed E-state index contributed by atoms with van der Waals surface area (Å²) in [6, 6.07) is -1.03. The highest BCUT2D eigenvalue weighted by Gasteiger charge is 2.20. The molecule has 0 aliphatic heterocycles. The standard InChI is InChI=1S/C10H20N2O4/c1-10(2,11)5-3-8(14)12-7(4-6-13)9(15)16/h7,13H,3-6,11H2,1-2H3,(H,12,14)(H,15,16)/t7-/m0/s1. The molecule has 1 atom stereocenters. The Morgan fingerprint density at radius 3 is 2.38 bits per heavy atom. The van der Waals surface area contributed by atoms with Crippen LogP contribution in [0.25, 0.3) is 0 Å². The molecule has 94 valence electrons. The summed E-state index contributed by atoms with van der Waals surface area (Å²) in [7, 11) is 0. The van der Waals surface area contributed by atoms with E-state index in [-0.39, 0.29) is 25.4 Å². The molecule has 0 unspecified atom stereocenters. The summed E-state index contributed by atoms with van der Waals surface area (Å²) in [5.74, 6) is -1.51. The third kappa shape index (κ3) is 7.19. The van der Waals surface area contributed by atoms with E-state index >= 15 is 0 Å². The van der Waals surface area contributed by atoms with E-state index in [4.69, 9.17) is 15.9 Å². The number of carboxylic acid groups (broad SMARTS) is 1. The first-order chi connectivity index (χ1) is 7.26. The van der Waals surface area contributed by atoms with E-state index in [2.05, 4.69) is 5.32 Å². The number of amides is 1. The SMILES string of the molecule is CC(C)(N)CCC(=O)N[C@@H](CCO)C(=O)O. The predicted octanol–water partition coefficient (Wildman–Crippen LogP) is -0.544. The van der Waals surface area contributed by atoms with E-state index < -0.39 is 17.6 Å². The van der Waals surface area contributed by atoms with Gasteiger partial charge in [-0.15, -0.1) is 0 Å². The van der Waals surface area contributed by atoms with Gasteiger partial charge in [-0.1, -0.05) is 0 Å². The Hall–Kier alpha value is -1.14. The van der Waals surface area contributed by atoms with Gasteiger partial charge in [0.1, 0.15) is 6.04 Å². The van der Waals surface area contributed by atoms with Crippen LogP contribution in [-0.4, -0.2) is 40.3 Å². The topological polar surface area (TPSA) is 113 Å². The zero-order valence-electron chi connectivity index (χ0n) is 9.69. The summed E-state index contributed by atoms with van der Waals surface area (Å²) in [6.45, 7) is 3.31. The molecule has 0 spiro atoms. The Bertz CT molecular complexity index is 248. The highest BCUT2D eigenvalue weighted by Crippen LogP contribution is 2.07. The van der Waals surface area contributed by atoms with Crippen molar-refractivity contribution in [3.8, 4) is 0 Å². The van der Waals surface area contributed by atoms with Gasteiger partial charge < -0.3 is 21.3 Å². The molecule has 0 fully saturated rings. The molecule has 0 saturated heterocycles. The number of rotatable bonds is 7. The Balaban J connectivity index is 4.05. The van der Waals surface area contributed by atoms with Crippen molar-refractivity contribution in [3.63, 3.8) is 0 Å². The molecule has 6 heteroatoms. The molecule has 6 nitrogen and oxygen atoms in total. The van der Waals surface area contributed by atoms with Crippen molar-refractivity contribution < 1.29 is 19.8 Å². The van der Waals surface area contributed by atoms with Gasteiger partial charge in [-0.2, -0.15) is 0 Å². The van der Waals surface area contributed by atoms with Gasteiger partial charge >= 0.3 is 5.97 Å². The van der Waals surface area contributed by atoms with E-state index in [0.29, 0.717) is 6.42 Å². The van der Waals surface area contributed by atoms with E-state index in [0.717, 1.165) is 0 Å². The third-order valence-electron chi connectivity index (χ3n) is 2.05. The highest BCUT2D eigenvalue weighted by molar-refractivity contribution is 5.83. The van der Waals surface area contributed by atoms with Crippen LogP contribution in [0.3, 0.4) is 0 Å². The zero-order chi connectivity index (χ0) is 12.8. The fourth-order valence-electron chi connectivity index (χ4n) is 1.09. The minimum atomic E-state index is -1.14. The van der Waals surface area contributed by atoms with Gasteiger partial charge in [0.25, 0.3) is 0 Å². The predicted molar refractivity (Wildman–Crippen MR) is 58.8 cm³/mol. The fourth-order valence-corrected chi connectivity index (χ4v) is 1.09. The molecule has 0 aromatic carbocycles. The molecule has 0 bridgehead atoms. The van der Waals surface area contributed by atoms with Gasteiger partial charge in [-0.05, 0) is 20.3 Å². The van der Waals surface area contributed by atoms with Crippen molar-refractivity contribution in [1.82, 2.24) is 5.32 Å². The lowest BCUT2D eigenvalue weighted by atomic mass is 10.00. The van der Waals surface area contributed by atoms with Crippen LogP contribution in [0, 0.1) is 0 Å². The molecule has 0 aromatic rings. The first-order valence-corrected chi connectivity index (χ1v) is 5.18. The second-order valence-electron chi connectivity index (χ2n) is 4.46. The summed E-state index contributed by atoms with van der Waals surface area (Å²) < 4.78 is 0. The molecule has 1 amide bonds. The number of aliphatic carboxylic acids is 1. The maximum absolute atomic E-state index is 11.4. The molecule has 0 heterocycles. The summed E-state index contributed by atoms with van der Waals surface area (Å²) in [6.07, 6.45) is 0.663. The molecule has 0 radical (unpaired) electrons. The molecule has 0 aromatic heterocycles. The van der Waals surface area contributed by atoms with Crippen molar-refractivity contribution in [2.45, 2.75) is 44.7 Å². The number of nitrogens with one attached hydrogen (secondary N) is 1. The van der Waals surface area contributed by atoms with E-state index in [1.807, 2.05) is 0 Å². The normalized spacial score (nSPS) is 13.2. The Labute approximate surface area is 94.8 Å². The maximum atomic E-state index is 11.4. The smallest absolute Gasteiger partial charge is 0.326 e. The van der Waals surface area contributed by atoms with Crippen molar-refractivity contribution >= 4 is 11.9 Å². The quantitative estimate of drug-likeness (QED) is 0.470. The lowest BCUT2D eigenvalue weighted by Gasteiger charge is -2.19. The second-order valence-corrected chi connectivity index (χ2v) is 4.46. The van der Waals surface area contributed by atoms with Gasteiger partial charge in [0.05, 0.1) is 0 Å². The molecule has 0 aliphatic carbocycles. The molecular formula is C10H20N2O4. The lowest BCUT2D eigenvalue weighted by Crippen LogP contribution is -2.42. The maximum Gasteiger partial charge on any atom is 0.326 e. The van der Waals surface area contributed by atoms with Crippen LogP contribution in [0.1, 0.15) is 33.1 Å². The summed E-state index contributed by atoms with van der Waals surface area (Å²) in [4.78, 5) is 22.0. The van der Waals surface area contributed by atoms with E-state index in [1.165, 1.54) is 0 Å². The molecule has 16 heavy (non-hydrogen) atoms. The van der Waals surface area contributed by atoms with Gasteiger partial charge in [-0.25, -0.2) is 4.79 Å². The Kier molecular flexibility index (Phi) is 5.98. The number of aliphatic hydroxyl groups excluding tert-OH is 1. The first kappa shape index (κ1) is 14.9. The van der Waals surface area contributed by atoms with E-state index in [9.17, 15) is 9.59 Å². The monoisotopic (exact) mass is 232 g/mol. The molecule has 5 N–H and O–H groups in total. The van der Waals surface area contributed by atoms with Gasteiger partial charge in [0, 0.05) is 25.0 Å². The minimum absolute atomic E-state index is 0.00703. The average molecular weight is 232 g/mol. The Morgan fingerprint density at radius 1 is 1.44 bits per heavy atom. The Morgan fingerprint density at radius 2 is 2.00 bits per heavy atom. The second kappa shape index (κ2) is 6.44. The van der Waals surface area contributed by atoms with Crippen molar-refractivity contribution in [2.24, 2.45) is 5.73 Å². The first-order valence-electron chi connectivity index (χ1n) is 5.18. The van der Waals surface area contributed by atoms with Crippen molar-refractivity contribution in [3.05, 3.63) is 0 Å². The fraction of sp³-hybridized carbons (Fsp3) is 0.800. The van der Waals surface area contributed by atoms with Crippen LogP contribution in [0.4, 0.5) is 0 Å². The van der Waals surface area contributed by atoms with Crippen LogP contribution in [0.2, 0.25) is 0 Å². The van der Waals surface area contributed by atoms with Crippen molar-refractivity contribution in [1.29, 1.82) is 0 Å². The number of carbonyl (C=O) groups is 2. The molecular weight excluding hydrogens is 212 g/mol. The zero-order valence-corrected chi connectivity index (χ0v) is 9.69. The minimum Gasteiger partial charge on any atom is -0.480 e. The molecule has 0 saturated carbocycles. The summed E-state index contributed by atoms with van der Waals surface area (Å²) in [5.41, 5.74) is 5.25. The van der Waals surface area contributed by atoms with Crippen LogP contribution in [0.5, 0.6) is 0 Å². The lowest BCUT2D eigenvalue weighted by molar-refractivity contribution is -0.142. The van der Waals surface area contributed by atoms with Crippen molar-refractivity contribution in [2.75, 3.05) is 6.61 Å². The molecule has 0 aliphatic rings. The number of hydrogen-bond donors (Lipinski definition) is 4. The number of carbonyl (C=O) groups excluding carboxylic acids is 1. The number of aliphatic hydroxyl groups is 1. The van der Waals surface area contributed by atoms with Crippen LogP contribution in [-0.2, 0) is 9.59 Å². The largest absolute Gasteiger partial charge is 0.480 e. The number of nitrogens with two attached hydrogens (primary N) is 1. The van der Waals surface area contributed by atoms with E-state index in [1.54, 1.807) is 13.8 Å². The summed E-state index contributed by atoms with van der Waals surface area (Å²) in [5, 5.41) is 19.7. The van der Waals surface area contributed by atoms with Gasteiger partial charge in [0.2, 0.25) is 5.91 Å². The van der Waals surface area contributed by atoms with Crippen LogP contribution >= 0.6 is 0 Å².